The van der Waals surface area contributed by atoms with Gasteiger partial charge in [-0.05, 0) is 66.3 Å². The molecule has 1 aliphatic rings. The average Bonchev–Trinajstić information content (AvgIpc) is 3.54. The number of alkyl halides is 3. The van der Waals surface area contributed by atoms with E-state index in [-0.39, 0.29) is 17.7 Å². The lowest BCUT2D eigenvalue weighted by molar-refractivity contribution is -0.139. The Kier molecular flexibility index (Phi) is 9.82. The summed E-state index contributed by atoms with van der Waals surface area (Å²) in [7, 11) is 0. The summed E-state index contributed by atoms with van der Waals surface area (Å²) in [5.74, 6) is -0.936. The number of hydrogen-bond donors (Lipinski definition) is 2. The van der Waals surface area contributed by atoms with Crippen LogP contribution >= 0.6 is 11.3 Å². The van der Waals surface area contributed by atoms with Crippen molar-refractivity contribution in [2.45, 2.75) is 31.4 Å². The number of nitrogens with zero attached hydrogens (tertiary/aromatic N) is 2. The summed E-state index contributed by atoms with van der Waals surface area (Å²) in [4.78, 5) is 43.1. The first-order valence-corrected chi connectivity index (χ1v) is 15.2. The number of ether oxygens (including phenoxy) is 1. The molecule has 2 heterocycles. The highest BCUT2D eigenvalue weighted by Gasteiger charge is 2.31. The van der Waals surface area contributed by atoms with Crippen LogP contribution in [0, 0.1) is 0 Å². The molecule has 2 amide bonds. The van der Waals surface area contributed by atoms with Gasteiger partial charge in [-0.3, -0.25) is 9.59 Å². The van der Waals surface area contributed by atoms with Crippen LogP contribution in [0.3, 0.4) is 0 Å². The molecule has 1 fully saturated rings. The third-order valence-electron chi connectivity index (χ3n) is 7.55. The lowest BCUT2D eigenvalue weighted by Crippen LogP contribution is -2.38. The van der Waals surface area contributed by atoms with Crippen molar-refractivity contribution >= 4 is 29.1 Å². The highest BCUT2D eigenvalue weighted by Crippen LogP contribution is 2.34. The van der Waals surface area contributed by atoms with Gasteiger partial charge >= 0.3 is 12.1 Å². The number of piperidine rings is 1. The summed E-state index contributed by atoms with van der Waals surface area (Å²) < 4.78 is 44.2. The summed E-state index contributed by atoms with van der Waals surface area (Å²) >= 11 is 1.42. The van der Waals surface area contributed by atoms with Crippen LogP contribution in [0.5, 0.6) is 5.75 Å². The van der Waals surface area contributed by atoms with Crippen molar-refractivity contribution in [3.05, 3.63) is 106 Å². The van der Waals surface area contributed by atoms with Gasteiger partial charge in [0.2, 0.25) is 0 Å². The molecule has 0 unspecified atom stereocenters. The quantitative estimate of drug-likeness (QED) is 0.212. The SMILES string of the molecule is O=C(O)COc1ccc(CCNC(=O)c2csc(C3CCN(C(=O)c4ccccc4-c4ccc(C(F)(F)F)cc4)CC3)n2)cc1. The van der Waals surface area contributed by atoms with Crippen LogP contribution in [0.4, 0.5) is 13.2 Å². The van der Waals surface area contributed by atoms with Crippen molar-refractivity contribution in [2.24, 2.45) is 0 Å². The predicted octanol–water partition coefficient (Wildman–Crippen LogP) is 6.28. The largest absolute Gasteiger partial charge is 0.482 e. The molecule has 0 spiro atoms. The van der Waals surface area contributed by atoms with Gasteiger partial charge in [0, 0.05) is 36.5 Å². The summed E-state index contributed by atoms with van der Waals surface area (Å²) in [6.45, 7) is 0.971. The number of aromatic nitrogens is 1. The summed E-state index contributed by atoms with van der Waals surface area (Å²) in [5.41, 5.74) is 2.11. The number of aliphatic carboxylic acids is 1. The van der Waals surface area contributed by atoms with Crippen LogP contribution < -0.4 is 10.1 Å². The molecule has 4 aromatic rings. The van der Waals surface area contributed by atoms with Gasteiger partial charge in [0.05, 0.1) is 10.6 Å². The Morgan fingerprint density at radius 2 is 1.67 bits per heavy atom. The van der Waals surface area contributed by atoms with Gasteiger partial charge in [0.15, 0.2) is 6.61 Å². The minimum Gasteiger partial charge on any atom is -0.482 e. The van der Waals surface area contributed by atoms with Crippen LogP contribution in [0.2, 0.25) is 0 Å². The van der Waals surface area contributed by atoms with Gasteiger partial charge in [0.25, 0.3) is 11.8 Å². The Morgan fingerprint density at radius 1 is 0.978 bits per heavy atom. The van der Waals surface area contributed by atoms with Crippen LogP contribution in [0.1, 0.15) is 55.7 Å². The Labute approximate surface area is 261 Å². The molecule has 0 bridgehead atoms. The average molecular weight is 638 g/mol. The zero-order valence-electron chi connectivity index (χ0n) is 24.0. The van der Waals surface area contributed by atoms with E-state index in [1.54, 1.807) is 46.7 Å². The van der Waals surface area contributed by atoms with Crippen LogP contribution in [0.15, 0.2) is 78.2 Å². The number of amides is 2. The molecule has 3 aromatic carbocycles. The number of carboxylic acids is 1. The maximum Gasteiger partial charge on any atom is 0.416 e. The molecule has 1 aliphatic heterocycles. The van der Waals surface area contributed by atoms with Crippen molar-refractivity contribution in [1.29, 1.82) is 0 Å². The number of rotatable bonds is 10. The maximum atomic E-state index is 13.5. The molecule has 5 rings (SSSR count). The van der Waals surface area contributed by atoms with E-state index in [1.165, 1.54) is 23.5 Å². The normalized spacial score (nSPS) is 13.8. The summed E-state index contributed by atoms with van der Waals surface area (Å²) in [5, 5.41) is 14.1. The molecule has 0 atom stereocenters. The molecular formula is C33H30F3N3O5S. The summed E-state index contributed by atoms with van der Waals surface area (Å²) in [6, 6.07) is 18.7. The molecule has 12 heteroatoms. The molecule has 1 saturated heterocycles. The monoisotopic (exact) mass is 637 g/mol. The van der Waals surface area contributed by atoms with Gasteiger partial charge < -0.3 is 20.1 Å². The Bertz CT molecular complexity index is 1650. The topological polar surface area (TPSA) is 109 Å². The van der Waals surface area contributed by atoms with Crippen molar-refractivity contribution in [2.75, 3.05) is 26.2 Å². The van der Waals surface area contributed by atoms with Crippen LogP contribution in [-0.4, -0.2) is 59.0 Å². The minimum atomic E-state index is -4.43. The van der Waals surface area contributed by atoms with E-state index in [0.717, 1.165) is 22.7 Å². The zero-order valence-corrected chi connectivity index (χ0v) is 24.9. The maximum absolute atomic E-state index is 13.5. The molecular weight excluding hydrogens is 607 g/mol. The lowest BCUT2D eigenvalue weighted by atomic mass is 9.94. The van der Waals surface area contributed by atoms with E-state index < -0.39 is 24.3 Å². The Balaban J connectivity index is 1.12. The number of halogens is 3. The highest BCUT2D eigenvalue weighted by atomic mass is 32.1. The number of carbonyl (C=O) groups excluding carboxylic acids is 2. The van der Waals surface area contributed by atoms with Gasteiger partial charge in [-0.15, -0.1) is 11.3 Å². The van der Waals surface area contributed by atoms with E-state index in [9.17, 15) is 27.6 Å². The van der Waals surface area contributed by atoms with E-state index in [0.29, 0.717) is 67.0 Å². The molecule has 1 aromatic heterocycles. The number of carboxylic acid groups (broad SMARTS) is 1. The van der Waals surface area contributed by atoms with Crippen molar-refractivity contribution in [3.8, 4) is 16.9 Å². The number of hydrogen-bond acceptors (Lipinski definition) is 6. The van der Waals surface area contributed by atoms with E-state index in [4.69, 9.17) is 9.84 Å². The Morgan fingerprint density at radius 3 is 2.33 bits per heavy atom. The number of benzene rings is 3. The minimum absolute atomic E-state index is 0.104. The zero-order chi connectivity index (χ0) is 32.0. The fraction of sp³-hybridized carbons (Fsp3) is 0.273. The van der Waals surface area contributed by atoms with E-state index >= 15 is 0 Å². The number of carbonyl (C=O) groups is 3. The first-order chi connectivity index (χ1) is 21.6. The van der Waals surface area contributed by atoms with Crippen molar-refractivity contribution in [1.82, 2.24) is 15.2 Å². The molecule has 2 N–H and O–H groups in total. The summed E-state index contributed by atoms with van der Waals surface area (Å²) in [6.07, 6.45) is -2.50. The highest BCUT2D eigenvalue weighted by molar-refractivity contribution is 7.09. The second kappa shape index (κ2) is 13.9. The van der Waals surface area contributed by atoms with Crippen molar-refractivity contribution in [3.63, 3.8) is 0 Å². The van der Waals surface area contributed by atoms with Crippen LogP contribution in [0.25, 0.3) is 11.1 Å². The van der Waals surface area contributed by atoms with Crippen molar-refractivity contribution < 1.29 is 37.4 Å². The first kappa shape index (κ1) is 31.7. The smallest absolute Gasteiger partial charge is 0.416 e. The fourth-order valence-corrected chi connectivity index (χ4v) is 6.12. The fourth-order valence-electron chi connectivity index (χ4n) is 5.15. The molecule has 8 nitrogen and oxygen atoms in total. The van der Waals surface area contributed by atoms with E-state index in [1.807, 2.05) is 12.1 Å². The Hall–Kier alpha value is -4.71. The standard InChI is InChI=1S/C33H30F3N3O5S/c34-33(35,36)24-9-7-22(8-10-24)26-3-1-2-4-27(26)32(43)39-17-14-23(15-18-39)31-38-28(20-45-31)30(42)37-16-13-21-5-11-25(12-6-21)44-19-29(40)41/h1-12,20,23H,13-19H2,(H,37,42)(H,40,41). The molecule has 45 heavy (non-hydrogen) atoms. The number of thiazole rings is 1. The molecule has 0 radical (unpaired) electrons. The lowest BCUT2D eigenvalue weighted by Gasteiger charge is -2.31. The van der Waals surface area contributed by atoms with Gasteiger partial charge in [-0.25, -0.2) is 9.78 Å². The third-order valence-corrected chi connectivity index (χ3v) is 8.56. The number of nitrogens with one attached hydrogen (secondary N) is 1. The first-order valence-electron chi connectivity index (χ1n) is 14.3. The van der Waals surface area contributed by atoms with Gasteiger partial charge in [-0.2, -0.15) is 13.2 Å². The predicted molar refractivity (Wildman–Crippen MR) is 162 cm³/mol. The molecule has 0 saturated carbocycles. The van der Waals surface area contributed by atoms with E-state index in [2.05, 4.69) is 10.3 Å². The van der Waals surface area contributed by atoms with Gasteiger partial charge in [-0.1, -0.05) is 42.5 Å². The second-order valence-electron chi connectivity index (χ2n) is 10.6. The number of likely N-dealkylation sites (tertiary alicyclic amines) is 1. The third kappa shape index (κ3) is 8.07. The second-order valence-corrected chi connectivity index (χ2v) is 11.5. The molecule has 0 aliphatic carbocycles. The molecule has 234 valence electrons. The van der Waals surface area contributed by atoms with Gasteiger partial charge in [0.1, 0.15) is 11.4 Å². The van der Waals surface area contributed by atoms with Crippen LogP contribution in [-0.2, 0) is 17.4 Å².